The number of alkyl halides is 3. The highest BCUT2D eigenvalue weighted by atomic mass is 19.4. The van der Waals surface area contributed by atoms with Gasteiger partial charge >= 0.3 is 6.18 Å². The van der Waals surface area contributed by atoms with Crippen LogP contribution in [0.1, 0.15) is 19.4 Å². The Kier molecular flexibility index (Phi) is 5.35. The van der Waals surface area contributed by atoms with Gasteiger partial charge in [-0.3, -0.25) is 4.79 Å². The number of amides is 1. The quantitative estimate of drug-likeness (QED) is 0.819. The normalized spacial score (nSPS) is 11.6. The van der Waals surface area contributed by atoms with Gasteiger partial charge in [0.2, 0.25) is 5.91 Å². The summed E-state index contributed by atoms with van der Waals surface area (Å²) in [5.74, 6) is -0.991. The van der Waals surface area contributed by atoms with Crippen molar-refractivity contribution in [2.75, 3.05) is 18.4 Å². The van der Waals surface area contributed by atoms with E-state index in [4.69, 9.17) is 0 Å². The second-order valence-electron chi connectivity index (χ2n) is 4.74. The molecule has 0 heterocycles. The summed E-state index contributed by atoms with van der Waals surface area (Å²) in [6.45, 7) is 3.97. The van der Waals surface area contributed by atoms with Crippen molar-refractivity contribution in [2.45, 2.75) is 20.0 Å². The molecule has 0 atom stereocenters. The van der Waals surface area contributed by atoms with Gasteiger partial charge in [-0.1, -0.05) is 13.8 Å². The highest BCUT2D eigenvalue weighted by Gasteiger charge is 2.31. The van der Waals surface area contributed by atoms with Crippen LogP contribution in [0.5, 0.6) is 0 Å². The first-order valence-corrected chi connectivity index (χ1v) is 6.07. The van der Waals surface area contributed by atoms with Crippen LogP contribution in [0.4, 0.5) is 23.2 Å². The van der Waals surface area contributed by atoms with E-state index in [1.54, 1.807) is 0 Å². The predicted octanol–water partition coefficient (Wildman–Crippen LogP) is 3.03. The molecule has 112 valence electrons. The zero-order valence-corrected chi connectivity index (χ0v) is 11.1. The SMILES string of the molecule is CC(C)CNC(=O)CNc1cc(C(F)(F)F)ccc1F. The molecule has 0 radical (unpaired) electrons. The molecule has 0 aliphatic carbocycles. The van der Waals surface area contributed by atoms with Gasteiger partial charge in [0, 0.05) is 6.54 Å². The Morgan fingerprint density at radius 3 is 2.50 bits per heavy atom. The number of anilines is 1. The summed E-state index contributed by atoms with van der Waals surface area (Å²) in [6.07, 6.45) is -4.55. The fraction of sp³-hybridized carbons (Fsp3) is 0.462. The molecular formula is C13H16F4N2O. The first-order chi connectivity index (χ1) is 9.20. The third kappa shape index (κ3) is 5.07. The third-order valence-electron chi connectivity index (χ3n) is 2.44. The van der Waals surface area contributed by atoms with Crippen LogP contribution in [0.2, 0.25) is 0 Å². The monoisotopic (exact) mass is 292 g/mol. The third-order valence-corrected chi connectivity index (χ3v) is 2.44. The predicted molar refractivity (Wildman–Crippen MR) is 67.7 cm³/mol. The van der Waals surface area contributed by atoms with Gasteiger partial charge in [0.1, 0.15) is 5.82 Å². The molecule has 2 N–H and O–H groups in total. The molecule has 1 amide bonds. The lowest BCUT2D eigenvalue weighted by Gasteiger charge is -2.12. The summed E-state index contributed by atoms with van der Waals surface area (Å²) in [6, 6.07) is 2.02. The maximum atomic E-state index is 13.4. The lowest BCUT2D eigenvalue weighted by atomic mass is 10.2. The van der Waals surface area contributed by atoms with E-state index in [0.717, 1.165) is 6.07 Å². The Labute approximate surface area is 114 Å². The minimum absolute atomic E-state index is 0.254. The van der Waals surface area contributed by atoms with Gasteiger partial charge in [0.05, 0.1) is 17.8 Å². The molecule has 1 aromatic carbocycles. The highest BCUT2D eigenvalue weighted by molar-refractivity contribution is 5.80. The van der Waals surface area contributed by atoms with Crippen LogP contribution in [0.3, 0.4) is 0 Å². The van der Waals surface area contributed by atoms with Crippen molar-refractivity contribution in [1.82, 2.24) is 5.32 Å². The van der Waals surface area contributed by atoms with Crippen molar-refractivity contribution in [2.24, 2.45) is 5.92 Å². The molecule has 0 spiro atoms. The summed E-state index contributed by atoms with van der Waals surface area (Å²) < 4.78 is 50.8. The maximum Gasteiger partial charge on any atom is 0.416 e. The van der Waals surface area contributed by atoms with Gasteiger partial charge in [0.25, 0.3) is 0 Å². The van der Waals surface area contributed by atoms with Gasteiger partial charge in [0.15, 0.2) is 0 Å². The van der Waals surface area contributed by atoms with Gasteiger partial charge in [-0.25, -0.2) is 4.39 Å². The minimum atomic E-state index is -4.55. The number of hydrogen-bond donors (Lipinski definition) is 2. The van der Waals surface area contributed by atoms with Crippen LogP contribution in [-0.4, -0.2) is 19.0 Å². The van der Waals surface area contributed by atoms with Crippen molar-refractivity contribution < 1.29 is 22.4 Å². The van der Waals surface area contributed by atoms with E-state index in [2.05, 4.69) is 10.6 Å². The van der Waals surface area contributed by atoms with E-state index < -0.39 is 23.5 Å². The summed E-state index contributed by atoms with van der Waals surface area (Å²) >= 11 is 0. The van der Waals surface area contributed by atoms with Crippen molar-refractivity contribution in [1.29, 1.82) is 0 Å². The molecule has 0 fully saturated rings. The number of halogens is 4. The molecule has 0 saturated heterocycles. The average molecular weight is 292 g/mol. The molecule has 0 bridgehead atoms. The maximum absolute atomic E-state index is 13.4. The molecule has 0 aliphatic rings. The summed E-state index contributed by atoms with van der Waals surface area (Å²) in [5, 5.41) is 4.93. The largest absolute Gasteiger partial charge is 0.416 e. The molecule has 0 saturated carbocycles. The Bertz CT molecular complexity index is 472. The lowest BCUT2D eigenvalue weighted by Crippen LogP contribution is -2.32. The zero-order valence-electron chi connectivity index (χ0n) is 11.1. The summed E-state index contributed by atoms with van der Waals surface area (Å²) in [5.41, 5.74) is -1.32. The van der Waals surface area contributed by atoms with Crippen molar-refractivity contribution in [3.8, 4) is 0 Å². The Hall–Kier alpha value is -1.79. The summed E-state index contributed by atoms with van der Waals surface area (Å²) in [7, 11) is 0. The minimum Gasteiger partial charge on any atom is -0.374 e. The van der Waals surface area contributed by atoms with E-state index in [9.17, 15) is 22.4 Å². The summed E-state index contributed by atoms with van der Waals surface area (Å²) in [4.78, 5) is 11.4. The zero-order chi connectivity index (χ0) is 15.3. The Morgan fingerprint density at radius 1 is 1.30 bits per heavy atom. The van der Waals surface area contributed by atoms with Crippen LogP contribution in [0, 0.1) is 11.7 Å². The van der Waals surface area contributed by atoms with E-state index >= 15 is 0 Å². The topological polar surface area (TPSA) is 41.1 Å². The van der Waals surface area contributed by atoms with Crippen LogP contribution in [0.25, 0.3) is 0 Å². The van der Waals surface area contributed by atoms with E-state index in [1.165, 1.54) is 0 Å². The van der Waals surface area contributed by atoms with Crippen LogP contribution < -0.4 is 10.6 Å². The van der Waals surface area contributed by atoms with E-state index in [0.29, 0.717) is 18.7 Å². The van der Waals surface area contributed by atoms with Crippen LogP contribution in [-0.2, 0) is 11.0 Å². The molecule has 1 aromatic rings. The lowest BCUT2D eigenvalue weighted by molar-refractivity contribution is -0.137. The van der Waals surface area contributed by atoms with Gasteiger partial charge < -0.3 is 10.6 Å². The number of hydrogen-bond acceptors (Lipinski definition) is 2. The Morgan fingerprint density at radius 2 is 1.95 bits per heavy atom. The van der Waals surface area contributed by atoms with Gasteiger partial charge in [-0.05, 0) is 24.1 Å². The van der Waals surface area contributed by atoms with Gasteiger partial charge in [-0.15, -0.1) is 0 Å². The van der Waals surface area contributed by atoms with E-state index in [1.807, 2.05) is 13.8 Å². The number of carbonyl (C=O) groups is 1. The van der Waals surface area contributed by atoms with Crippen molar-refractivity contribution >= 4 is 11.6 Å². The molecule has 3 nitrogen and oxygen atoms in total. The first-order valence-electron chi connectivity index (χ1n) is 6.07. The standard InChI is InChI=1S/C13H16F4N2O/c1-8(2)6-19-12(20)7-18-11-5-9(13(15,16)17)3-4-10(11)14/h3-5,8,18H,6-7H2,1-2H3,(H,19,20). The molecule has 7 heteroatoms. The first kappa shape index (κ1) is 16.3. The van der Waals surface area contributed by atoms with E-state index in [-0.39, 0.29) is 18.2 Å². The van der Waals surface area contributed by atoms with Crippen LogP contribution in [0.15, 0.2) is 18.2 Å². The molecular weight excluding hydrogens is 276 g/mol. The average Bonchev–Trinajstić information content (AvgIpc) is 2.33. The molecule has 1 rings (SSSR count). The smallest absolute Gasteiger partial charge is 0.374 e. The van der Waals surface area contributed by atoms with Gasteiger partial charge in [-0.2, -0.15) is 13.2 Å². The fourth-order valence-corrected chi connectivity index (χ4v) is 1.39. The second-order valence-corrected chi connectivity index (χ2v) is 4.74. The van der Waals surface area contributed by atoms with Crippen molar-refractivity contribution in [3.05, 3.63) is 29.6 Å². The van der Waals surface area contributed by atoms with Crippen LogP contribution >= 0.6 is 0 Å². The second kappa shape index (κ2) is 6.58. The Balaban J connectivity index is 2.66. The highest BCUT2D eigenvalue weighted by Crippen LogP contribution is 2.31. The number of rotatable bonds is 5. The molecule has 20 heavy (non-hydrogen) atoms. The van der Waals surface area contributed by atoms with Crippen molar-refractivity contribution in [3.63, 3.8) is 0 Å². The molecule has 0 aromatic heterocycles. The molecule has 0 aliphatic heterocycles. The number of carbonyl (C=O) groups excluding carboxylic acids is 1. The number of nitrogens with one attached hydrogen (secondary N) is 2. The number of benzene rings is 1. The fourth-order valence-electron chi connectivity index (χ4n) is 1.39. The molecule has 0 unspecified atom stereocenters.